The topological polar surface area (TPSA) is 57.7 Å². The van der Waals surface area contributed by atoms with E-state index in [0.29, 0.717) is 24.8 Å². The lowest BCUT2D eigenvalue weighted by atomic mass is 10.2. The third-order valence-electron chi connectivity index (χ3n) is 5.37. The van der Waals surface area contributed by atoms with Gasteiger partial charge >= 0.3 is 0 Å². The highest BCUT2D eigenvalue weighted by atomic mass is 16.2. The number of Topliss-reactive ketones (excluding diaryl/α,β-unsaturated/α-hetero) is 1. The molecule has 3 aliphatic rings. The third-order valence-corrected chi connectivity index (χ3v) is 5.37. The molecule has 3 fully saturated rings. The molecule has 3 rings (SSSR count). The molecule has 0 radical (unpaired) electrons. The minimum absolute atomic E-state index is 0.175. The summed E-state index contributed by atoms with van der Waals surface area (Å²) >= 11 is 0. The van der Waals surface area contributed by atoms with Crippen molar-refractivity contribution >= 4 is 18.1 Å². The molecule has 2 heterocycles. The Labute approximate surface area is 170 Å². The molecule has 1 aliphatic carbocycles. The first-order valence-electron chi connectivity index (χ1n) is 10.4. The van der Waals surface area contributed by atoms with Crippen LogP contribution in [0.25, 0.3) is 0 Å². The molecule has 2 saturated heterocycles. The number of likely N-dealkylation sites (tertiary alicyclic amines) is 2. The van der Waals surface area contributed by atoms with E-state index in [4.69, 9.17) is 0 Å². The highest BCUT2D eigenvalue weighted by Gasteiger charge is 2.50. The molecule has 0 unspecified atom stereocenters. The molecule has 2 amide bonds. The average molecular weight is 389 g/mol. The largest absolute Gasteiger partial charge is 0.343 e. The van der Waals surface area contributed by atoms with Gasteiger partial charge in [-0.25, -0.2) is 0 Å². The van der Waals surface area contributed by atoms with Crippen molar-refractivity contribution < 1.29 is 14.4 Å². The number of allylic oxidation sites excluding steroid dienone is 4. The zero-order valence-corrected chi connectivity index (χ0v) is 17.4. The fourth-order valence-corrected chi connectivity index (χ4v) is 3.58. The molecule has 0 aromatic carbocycles. The second-order valence-electron chi connectivity index (χ2n) is 7.63. The van der Waals surface area contributed by atoms with Gasteiger partial charge in [0.15, 0.2) is 0 Å². The van der Waals surface area contributed by atoms with Crippen LogP contribution in [0.2, 0.25) is 0 Å². The number of ketones is 1. The maximum Gasteiger partial charge on any atom is 0.222 e. The van der Waals surface area contributed by atoms with Gasteiger partial charge in [-0.1, -0.05) is 37.5 Å². The van der Waals surface area contributed by atoms with Crippen molar-refractivity contribution in [1.82, 2.24) is 9.80 Å². The summed E-state index contributed by atoms with van der Waals surface area (Å²) in [6.45, 7) is 11.3. The van der Waals surface area contributed by atoms with E-state index in [9.17, 15) is 14.4 Å². The van der Waals surface area contributed by atoms with E-state index in [2.05, 4.69) is 13.2 Å². The Morgan fingerprint density at radius 1 is 0.929 bits per heavy atom. The molecule has 0 N–H and O–H groups in total. The van der Waals surface area contributed by atoms with E-state index in [-0.39, 0.29) is 11.7 Å². The van der Waals surface area contributed by atoms with Crippen molar-refractivity contribution in [3.05, 3.63) is 37.5 Å². The van der Waals surface area contributed by atoms with Gasteiger partial charge in [-0.3, -0.25) is 9.59 Å². The Kier molecular flexibility index (Phi) is 11.2. The van der Waals surface area contributed by atoms with Crippen molar-refractivity contribution in [2.45, 2.75) is 70.3 Å². The highest BCUT2D eigenvalue weighted by Crippen LogP contribution is 2.48. The van der Waals surface area contributed by atoms with Crippen molar-refractivity contribution in [2.24, 2.45) is 0 Å². The normalized spacial score (nSPS) is 18.8. The SMILES string of the molecule is C=C/C=C\C=C.CC(=O)CCCC(=O)N1CCCC1.O=CN1CCCC12CC2. The van der Waals surface area contributed by atoms with Crippen molar-refractivity contribution in [2.75, 3.05) is 19.6 Å². The van der Waals surface area contributed by atoms with Gasteiger partial charge in [-0.2, -0.15) is 0 Å². The first-order valence-corrected chi connectivity index (χ1v) is 10.4. The summed E-state index contributed by atoms with van der Waals surface area (Å²) in [5.74, 6) is 0.396. The molecule has 0 bridgehead atoms. The Bertz CT molecular complexity index is 548. The zero-order valence-electron chi connectivity index (χ0n) is 17.4. The standard InChI is InChI=1S/C10H17NO2.C7H11NO.C6H8/c1-9(12)5-4-6-10(13)11-7-2-3-8-11;9-6-8-5-1-2-7(8)3-4-7;1-3-5-6-4-2/h2-8H2,1H3;6H,1-5H2;3-6H,1-2H2/b;;6-5-. The number of hydrogen-bond acceptors (Lipinski definition) is 3. The van der Waals surface area contributed by atoms with Gasteiger partial charge in [0.25, 0.3) is 0 Å². The maximum atomic E-state index is 11.4. The van der Waals surface area contributed by atoms with Crippen LogP contribution >= 0.6 is 0 Å². The lowest BCUT2D eigenvalue weighted by Crippen LogP contribution is -2.29. The van der Waals surface area contributed by atoms with Crippen LogP contribution in [0.3, 0.4) is 0 Å². The number of carbonyl (C=O) groups is 3. The fourth-order valence-electron chi connectivity index (χ4n) is 3.58. The molecule has 0 aromatic heterocycles. The molecular formula is C23H36N2O3. The molecule has 28 heavy (non-hydrogen) atoms. The van der Waals surface area contributed by atoms with Gasteiger partial charge in [0, 0.05) is 38.0 Å². The summed E-state index contributed by atoms with van der Waals surface area (Å²) < 4.78 is 0. The first-order chi connectivity index (χ1) is 13.5. The van der Waals surface area contributed by atoms with Crippen LogP contribution in [0.15, 0.2) is 37.5 Å². The predicted octanol–water partition coefficient (Wildman–Crippen LogP) is 4.05. The molecule has 5 heteroatoms. The van der Waals surface area contributed by atoms with Crippen LogP contribution in [0.4, 0.5) is 0 Å². The second-order valence-corrected chi connectivity index (χ2v) is 7.63. The van der Waals surface area contributed by atoms with E-state index in [1.54, 1.807) is 19.1 Å². The maximum absolute atomic E-state index is 11.4. The lowest BCUT2D eigenvalue weighted by Gasteiger charge is -2.17. The van der Waals surface area contributed by atoms with Crippen LogP contribution in [0, 0.1) is 0 Å². The van der Waals surface area contributed by atoms with Crippen LogP contribution in [-0.4, -0.2) is 53.1 Å². The molecule has 5 nitrogen and oxygen atoms in total. The lowest BCUT2D eigenvalue weighted by molar-refractivity contribution is -0.130. The molecule has 0 atom stereocenters. The minimum atomic E-state index is 0.175. The molecule has 1 spiro atoms. The monoisotopic (exact) mass is 388 g/mol. The van der Waals surface area contributed by atoms with E-state index in [1.807, 2.05) is 22.0 Å². The molecule has 0 aromatic rings. The first kappa shape index (κ1) is 23.9. The summed E-state index contributed by atoms with van der Waals surface area (Å²) in [5, 5.41) is 0. The van der Waals surface area contributed by atoms with Gasteiger partial charge < -0.3 is 14.6 Å². The average Bonchev–Trinajstić information content (AvgIpc) is 3.10. The molecule has 156 valence electrons. The third kappa shape index (κ3) is 8.68. The summed E-state index contributed by atoms with van der Waals surface area (Å²) in [6.07, 6.45) is 17.1. The molecular weight excluding hydrogens is 352 g/mol. The van der Waals surface area contributed by atoms with Gasteiger partial charge in [0.1, 0.15) is 5.78 Å². The van der Waals surface area contributed by atoms with E-state index >= 15 is 0 Å². The van der Waals surface area contributed by atoms with Crippen LogP contribution in [-0.2, 0) is 14.4 Å². The van der Waals surface area contributed by atoms with E-state index < -0.39 is 0 Å². The van der Waals surface area contributed by atoms with Crippen LogP contribution < -0.4 is 0 Å². The van der Waals surface area contributed by atoms with Crippen LogP contribution in [0.5, 0.6) is 0 Å². The summed E-state index contributed by atoms with van der Waals surface area (Å²) in [7, 11) is 0. The summed E-state index contributed by atoms with van der Waals surface area (Å²) in [4.78, 5) is 36.3. The zero-order chi connectivity index (χ0) is 20.8. The van der Waals surface area contributed by atoms with Crippen molar-refractivity contribution in [1.29, 1.82) is 0 Å². The number of hydrogen-bond donors (Lipinski definition) is 0. The Morgan fingerprint density at radius 3 is 1.96 bits per heavy atom. The highest BCUT2D eigenvalue weighted by molar-refractivity contribution is 5.78. The van der Waals surface area contributed by atoms with Gasteiger partial charge in [0.2, 0.25) is 12.3 Å². The minimum Gasteiger partial charge on any atom is -0.343 e. The second kappa shape index (κ2) is 13.1. The van der Waals surface area contributed by atoms with Gasteiger partial charge in [-0.05, 0) is 51.9 Å². The Morgan fingerprint density at radius 2 is 1.54 bits per heavy atom. The van der Waals surface area contributed by atoms with Crippen molar-refractivity contribution in [3.63, 3.8) is 0 Å². The van der Waals surface area contributed by atoms with E-state index in [0.717, 1.165) is 38.9 Å². The van der Waals surface area contributed by atoms with Crippen molar-refractivity contribution in [3.8, 4) is 0 Å². The number of nitrogens with zero attached hydrogens (tertiary/aromatic N) is 2. The van der Waals surface area contributed by atoms with Gasteiger partial charge in [0.05, 0.1) is 0 Å². The molecule has 2 aliphatic heterocycles. The van der Waals surface area contributed by atoms with Crippen LogP contribution in [0.1, 0.15) is 64.7 Å². The fraction of sp³-hybridized carbons (Fsp3) is 0.609. The Balaban J connectivity index is 0.000000227. The molecule has 1 saturated carbocycles. The number of amides is 2. The summed E-state index contributed by atoms with van der Waals surface area (Å²) in [6, 6.07) is 0. The predicted molar refractivity (Wildman–Crippen MR) is 114 cm³/mol. The quantitative estimate of drug-likeness (QED) is 0.488. The van der Waals surface area contributed by atoms with Gasteiger partial charge in [-0.15, -0.1) is 0 Å². The Hall–Kier alpha value is -2.17. The summed E-state index contributed by atoms with van der Waals surface area (Å²) in [5.41, 5.74) is 0.377. The smallest absolute Gasteiger partial charge is 0.222 e. The van der Waals surface area contributed by atoms with E-state index in [1.165, 1.54) is 25.7 Å². The number of rotatable bonds is 7. The number of carbonyl (C=O) groups excluding carboxylic acids is 3.